The van der Waals surface area contributed by atoms with Gasteiger partial charge in [0.25, 0.3) is 0 Å². The minimum atomic E-state index is -0.260. The lowest BCUT2D eigenvalue weighted by molar-refractivity contribution is -0.131. The Labute approximate surface area is 133 Å². The molecule has 1 rings (SSSR count). The van der Waals surface area contributed by atoms with Crippen LogP contribution in [-0.4, -0.2) is 36.9 Å². The molecule has 0 unspecified atom stereocenters. The first-order valence-electron chi connectivity index (χ1n) is 7.39. The molecule has 0 atom stereocenters. The molecule has 0 aliphatic rings. The zero-order valence-corrected chi connectivity index (χ0v) is 14.2. The number of hydrogen-bond donors (Lipinski definition) is 1. The van der Waals surface area contributed by atoms with Crippen LogP contribution in [0.2, 0.25) is 0 Å². The summed E-state index contributed by atoms with van der Waals surface area (Å²) in [4.78, 5) is 24.7. The maximum absolute atomic E-state index is 12.0. The van der Waals surface area contributed by atoms with E-state index < -0.39 is 0 Å². The van der Waals surface area contributed by atoms with Gasteiger partial charge in [-0.1, -0.05) is 44.2 Å². The number of nitrogens with zero attached hydrogens (tertiary/aromatic N) is 1. The summed E-state index contributed by atoms with van der Waals surface area (Å²) in [5.74, 6) is -0.431. The van der Waals surface area contributed by atoms with Crippen LogP contribution >= 0.6 is 0 Å². The zero-order chi connectivity index (χ0) is 16.9. The number of benzene rings is 1. The quantitative estimate of drug-likeness (QED) is 0.820. The molecule has 0 bridgehead atoms. The van der Waals surface area contributed by atoms with Crippen molar-refractivity contribution < 1.29 is 9.59 Å². The molecule has 0 fully saturated rings. The van der Waals surface area contributed by atoms with Gasteiger partial charge in [0, 0.05) is 19.0 Å². The van der Waals surface area contributed by atoms with Crippen LogP contribution in [0.15, 0.2) is 30.9 Å². The Balaban J connectivity index is 2.67. The fourth-order valence-corrected chi connectivity index (χ4v) is 2.49. The number of likely N-dealkylation sites (N-methyl/N-ethyl adjacent to an activating group) is 1. The number of carbonyl (C=O) groups is 2. The van der Waals surface area contributed by atoms with E-state index in [1.165, 1.54) is 27.7 Å². The van der Waals surface area contributed by atoms with Crippen molar-refractivity contribution in [1.82, 2.24) is 10.2 Å². The van der Waals surface area contributed by atoms with E-state index in [0.29, 0.717) is 6.54 Å². The normalized spacial score (nSPS) is 11.0. The van der Waals surface area contributed by atoms with Crippen LogP contribution < -0.4 is 5.32 Å². The Hall–Kier alpha value is -2.10. The van der Waals surface area contributed by atoms with Gasteiger partial charge in [0.15, 0.2) is 0 Å². The Morgan fingerprint density at radius 2 is 1.95 bits per heavy atom. The maximum atomic E-state index is 12.0. The van der Waals surface area contributed by atoms with Crippen molar-refractivity contribution in [3.63, 3.8) is 0 Å². The summed E-state index contributed by atoms with van der Waals surface area (Å²) < 4.78 is 0. The van der Waals surface area contributed by atoms with Crippen LogP contribution in [-0.2, 0) is 15.0 Å². The molecule has 2 amide bonds. The lowest BCUT2D eigenvalue weighted by atomic mass is 9.81. The van der Waals surface area contributed by atoms with Crippen LogP contribution in [0.1, 0.15) is 30.5 Å². The first-order valence-corrected chi connectivity index (χ1v) is 7.39. The van der Waals surface area contributed by atoms with E-state index in [-0.39, 0.29) is 23.8 Å². The fraction of sp³-hybridized carbons (Fsp3) is 0.444. The van der Waals surface area contributed by atoms with E-state index in [1.807, 2.05) is 0 Å². The first-order chi connectivity index (χ1) is 10.2. The largest absolute Gasteiger partial charge is 0.354 e. The third-order valence-electron chi connectivity index (χ3n) is 3.77. The van der Waals surface area contributed by atoms with Crippen molar-refractivity contribution in [3.8, 4) is 0 Å². The van der Waals surface area contributed by atoms with Crippen LogP contribution in [0.4, 0.5) is 0 Å². The van der Waals surface area contributed by atoms with Crippen molar-refractivity contribution in [2.75, 3.05) is 20.1 Å². The van der Waals surface area contributed by atoms with Gasteiger partial charge >= 0.3 is 0 Å². The van der Waals surface area contributed by atoms with Crippen molar-refractivity contribution >= 4 is 11.8 Å². The standard InChI is InChI=1S/C18H26N2O2/c1-7-17(22)20(6)11-16(21)19-12-18(4,5)15-9-8-13(2)10-14(15)3/h7-10H,1,11-12H2,2-6H3,(H,19,21). The molecular formula is C18H26N2O2. The average Bonchev–Trinajstić information content (AvgIpc) is 2.43. The van der Waals surface area contributed by atoms with E-state index >= 15 is 0 Å². The lowest BCUT2D eigenvalue weighted by Gasteiger charge is -2.28. The van der Waals surface area contributed by atoms with Gasteiger partial charge in [-0.15, -0.1) is 0 Å². The fourth-order valence-electron chi connectivity index (χ4n) is 2.49. The van der Waals surface area contributed by atoms with Gasteiger partial charge in [-0.05, 0) is 31.1 Å². The third kappa shape index (κ3) is 4.72. The number of aryl methyl sites for hydroxylation is 2. The van der Waals surface area contributed by atoms with Crippen LogP contribution in [0, 0.1) is 13.8 Å². The minimum absolute atomic E-state index is 0.0355. The smallest absolute Gasteiger partial charge is 0.246 e. The molecule has 0 aliphatic heterocycles. The topological polar surface area (TPSA) is 49.4 Å². The summed E-state index contributed by atoms with van der Waals surface area (Å²) in [7, 11) is 1.58. The Morgan fingerprint density at radius 1 is 1.32 bits per heavy atom. The van der Waals surface area contributed by atoms with Crippen molar-refractivity contribution in [2.45, 2.75) is 33.1 Å². The van der Waals surface area contributed by atoms with E-state index in [9.17, 15) is 9.59 Å². The van der Waals surface area contributed by atoms with Gasteiger partial charge in [-0.25, -0.2) is 0 Å². The van der Waals surface area contributed by atoms with E-state index in [0.717, 1.165) is 0 Å². The van der Waals surface area contributed by atoms with Gasteiger partial charge in [-0.2, -0.15) is 0 Å². The lowest BCUT2D eigenvalue weighted by Crippen LogP contribution is -2.42. The molecule has 22 heavy (non-hydrogen) atoms. The monoisotopic (exact) mass is 302 g/mol. The highest BCUT2D eigenvalue weighted by atomic mass is 16.2. The first kappa shape index (κ1) is 18.0. The van der Waals surface area contributed by atoms with E-state index in [1.54, 1.807) is 7.05 Å². The molecule has 0 saturated heterocycles. The number of rotatable bonds is 6. The SMILES string of the molecule is C=CC(=O)N(C)CC(=O)NCC(C)(C)c1ccc(C)cc1C. The second-order valence-corrected chi connectivity index (χ2v) is 6.38. The molecule has 0 aliphatic carbocycles. The third-order valence-corrected chi connectivity index (χ3v) is 3.77. The number of carbonyl (C=O) groups excluding carboxylic acids is 2. The number of hydrogen-bond acceptors (Lipinski definition) is 2. The van der Waals surface area contributed by atoms with Gasteiger partial charge in [0.1, 0.15) is 0 Å². The highest BCUT2D eigenvalue weighted by Gasteiger charge is 2.23. The van der Waals surface area contributed by atoms with Crippen molar-refractivity contribution in [3.05, 3.63) is 47.5 Å². The summed E-state index contributed by atoms with van der Waals surface area (Å²) >= 11 is 0. The Morgan fingerprint density at radius 3 is 2.50 bits per heavy atom. The van der Waals surface area contributed by atoms with Gasteiger partial charge in [0.05, 0.1) is 6.54 Å². The Bertz CT molecular complexity index is 576. The summed E-state index contributed by atoms with van der Waals surface area (Å²) in [5.41, 5.74) is 3.49. The van der Waals surface area contributed by atoms with Gasteiger partial charge in [-0.3, -0.25) is 9.59 Å². The number of amides is 2. The van der Waals surface area contributed by atoms with Crippen molar-refractivity contribution in [2.24, 2.45) is 0 Å². The molecule has 0 saturated carbocycles. The van der Waals surface area contributed by atoms with Crippen LogP contribution in [0.5, 0.6) is 0 Å². The average molecular weight is 302 g/mol. The molecular weight excluding hydrogens is 276 g/mol. The molecule has 4 nitrogen and oxygen atoms in total. The molecule has 0 radical (unpaired) electrons. The van der Waals surface area contributed by atoms with E-state index in [2.05, 4.69) is 57.8 Å². The second kappa shape index (κ2) is 7.25. The molecule has 120 valence electrons. The van der Waals surface area contributed by atoms with Crippen LogP contribution in [0.25, 0.3) is 0 Å². The summed E-state index contributed by atoms with van der Waals surface area (Å²) in [6.45, 7) is 12.3. The summed E-state index contributed by atoms with van der Waals surface area (Å²) in [6, 6.07) is 6.35. The second-order valence-electron chi connectivity index (χ2n) is 6.38. The van der Waals surface area contributed by atoms with Gasteiger partial charge < -0.3 is 10.2 Å². The molecule has 0 spiro atoms. The van der Waals surface area contributed by atoms with E-state index in [4.69, 9.17) is 0 Å². The van der Waals surface area contributed by atoms with Crippen LogP contribution in [0.3, 0.4) is 0 Å². The van der Waals surface area contributed by atoms with Crippen molar-refractivity contribution in [1.29, 1.82) is 0 Å². The number of nitrogens with one attached hydrogen (secondary N) is 1. The molecule has 1 aromatic carbocycles. The maximum Gasteiger partial charge on any atom is 0.246 e. The highest BCUT2D eigenvalue weighted by Crippen LogP contribution is 2.26. The Kier molecular flexibility index (Phi) is 5.92. The molecule has 1 aromatic rings. The molecule has 0 aromatic heterocycles. The molecule has 0 heterocycles. The molecule has 1 N–H and O–H groups in total. The zero-order valence-electron chi connectivity index (χ0n) is 14.2. The predicted molar refractivity (Wildman–Crippen MR) is 89.8 cm³/mol. The molecule has 4 heteroatoms. The predicted octanol–water partition coefficient (Wildman–Crippen LogP) is 2.34. The summed E-state index contributed by atoms with van der Waals surface area (Å²) in [6.07, 6.45) is 1.20. The van der Waals surface area contributed by atoms with Gasteiger partial charge in [0.2, 0.25) is 11.8 Å². The summed E-state index contributed by atoms with van der Waals surface area (Å²) in [5, 5.41) is 2.91. The highest BCUT2D eigenvalue weighted by molar-refractivity contribution is 5.90. The minimum Gasteiger partial charge on any atom is -0.354 e.